The van der Waals surface area contributed by atoms with Gasteiger partial charge >= 0.3 is 5.97 Å². The fourth-order valence-corrected chi connectivity index (χ4v) is 6.45. The number of fused-ring (bicyclic) bond motifs is 1. The highest BCUT2D eigenvalue weighted by Gasteiger charge is 2.75. The lowest BCUT2D eigenvalue weighted by atomic mass is 9.70. The summed E-state index contributed by atoms with van der Waals surface area (Å²) in [6.45, 7) is 14.0. The van der Waals surface area contributed by atoms with Gasteiger partial charge in [-0.1, -0.05) is 33.3 Å². The smallest absolute Gasteiger partial charge is 0.312 e. The molecule has 0 radical (unpaired) electrons. The predicted molar refractivity (Wildman–Crippen MR) is 128 cm³/mol. The Morgan fingerprint density at radius 3 is 2.62 bits per heavy atom. The Kier molecular flexibility index (Phi) is 8.45. The van der Waals surface area contributed by atoms with E-state index in [4.69, 9.17) is 9.47 Å². The van der Waals surface area contributed by atoms with Crippen molar-refractivity contribution < 1.29 is 29.0 Å². The SMILES string of the molecule is C=CCN(C(=O)C1N([C@@H](CO)CC(C)C)C(=O)[C@@H]2[C@H](C(=O)OCC)[C@@H]3CCC12O3)C(C)CCC. The van der Waals surface area contributed by atoms with Crippen LogP contribution in [0.1, 0.15) is 66.7 Å². The highest BCUT2D eigenvalue weighted by molar-refractivity contribution is 5.98. The van der Waals surface area contributed by atoms with Crippen LogP contribution in [0.4, 0.5) is 0 Å². The van der Waals surface area contributed by atoms with Crippen molar-refractivity contribution in [1.29, 1.82) is 0 Å². The van der Waals surface area contributed by atoms with Crippen LogP contribution < -0.4 is 0 Å². The van der Waals surface area contributed by atoms with E-state index < -0.39 is 41.6 Å². The first kappa shape index (κ1) is 26.7. The van der Waals surface area contributed by atoms with Gasteiger partial charge in [-0.3, -0.25) is 14.4 Å². The van der Waals surface area contributed by atoms with Crippen LogP contribution >= 0.6 is 0 Å². The van der Waals surface area contributed by atoms with Gasteiger partial charge in [-0.2, -0.15) is 0 Å². The van der Waals surface area contributed by atoms with Gasteiger partial charge in [-0.15, -0.1) is 6.58 Å². The number of likely N-dealkylation sites (tertiary alicyclic amines) is 1. The van der Waals surface area contributed by atoms with E-state index in [0.29, 0.717) is 25.8 Å². The second-order valence-corrected chi connectivity index (χ2v) is 10.4. The normalized spacial score (nSPS) is 31.5. The molecule has 7 atom stereocenters. The van der Waals surface area contributed by atoms with Crippen LogP contribution in [0.5, 0.6) is 0 Å². The van der Waals surface area contributed by atoms with E-state index >= 15 is 0 Å². The molecule has 8 nitrogen and oxygen atoms in total. The van der Waals surface area contributed by atoms with Crippen molar-refractivity contribution in [2.45, 2.75) is 96.6 Å². The minimum absolute atomic E-state index is 0.0416. The average molecular weight is 479 g/mol. The number of rotatable bonds is 12. The lowest BCUT2D eigenvalue weighted by molar-refractivity contribution is -0.156. The quantitative estimate of drug-likeness (QED) is 0.342. The molecule has 0 aliphatic carbocycles. The van der Waals surface area contributed by atoms with Gasteiger partial charge in [0.15, 0.2) is 0 Å². The van der Waals surface area contributed by atoms with Crippen molar-refractivity contribution in [3.05, 3.63) is 12.7 Å². The molecule has 34 heavy (non-hydrogen) atoms. The summed E-state index contributed by atoms with van der Waals surface area (Å²) >= 11 is 0. The van der Waals surface area contributed by atoms with Crippen LogP contribution in [-0.2, 0) is 23.9 Å². The van der Waals surface area contributed by atoms with Gasteiger partial charge in [-0.05, 0) is 45.4 Å². The van der Waals surface area contributed by atoms with Gasteiger partial charge in [-0.25, -0.2) is 0 Å². The number of aliphatic hydroxyl groups is 1. The van der Waals surface area contributed by atoms with E-state index in [9.17, 15) is 19.5 Å². The third-order valence-electron chi connectivity index (χ3n) is 7.73. The summed E-state index contributed by atoms with van der Waals surface area (Å²) in [6, 6.07) is -1.46. The van der Waals surface area contributed by atoms with Crippen molar-refractivity contribution >= 4 is 17.8 Å². The number of hydrogen-bond acceptors (Lipinski definition) is 6. The molecule has 3 aliphatic rings. The zero-order valence-electron chi connectivity index (χ0n) is 21.4. The monoisotopic (exact) mass is 478 g/mol. The lowest BCUT2D eigenvalue weighted by Gasteiger charge is -2.41. The van der Waals surface area contributed by atoms with Gasteiger partial charge in [0.1, 0.15) is 11.6 Å². The van der Waals surface area contributed by atoms with Crippen LogP contribution in [0.2, 0.25) is 0 Å². The predicted octanol–water partition coefficient (Wildman–Crippen LogP) is 2.53. The van der Waals surface area contributed by atoms with E-state index in [2.05, 4.69) is 13.5 Å². The molecule has 3 unspecified atom stereocenters. The van der Waals surface area contributed by atoms with Gasteiger partial charge in [0, 0.05) is 12.6 Å². The number of aliphatic hydroxyl groups excluding tert-OH is 1. The molecule has 0 saturated carbocycles. The largest absolute Gasteiger partial charge is 0.466 e. The maximum absolute atomic E-state index is 14.2. The Morgan fingerprint density at radius 2 is 2.06 bits per heavy atom. The minimum atomic E-state index is -1.08. The molecule has 3 aliphatic heterocycles. The Bertz CT molecular complexity index is 785. The molecule has 2 amide bonds. The summed E-state index contributed by atoms with van der Waals surface area (Å²) in [5.41, 5.74) is -1.08. The first-order chi connectivity index (χ1) is 16.2. The number of carbonyl (C=O) groups is 3. The van der Waals surface area contributed by atoms with E-state index in [0.717, 1.165) is 12.8 Å². The van der Waals surface area contributed by atoms with E-state index in [1.165, 1.54) is 0 Å². The Balaban J connectivity index is 2.09. The zero-order valence-corrected chi connectivity index (χ0v) is 21.4. The molecule has 3 saturated heterocycles. The van der Waals surface area contributed by atoms with Gasteiger partial charge in [0.05, 0.1) is 37.2 Å². The summed E-state index contributed by atoms with van der Waals surface area (Å²) in [6.07, 6.45) is 4.69. The van der Waals surface area contributed by atoms with Gasteiger partial charge < -0.3 is 24.4 Å². The fourth-order valence-electron chi connectivity index (χ4n) is 6.45. The standard InChI is InChI=1S/C26H42N2O6/c1-7-10-17(6)27(13-8-2)24(31)22-26-12-11-19(34-26)20(25(32)33-9-3)21(26)23(30)28(22)18(15-29)14-16(4)5/h8,16-22,29H,2,7,9-15H2,1,3-6H3/t17?,18-,19+,20-,21+,22?,26?/m1/s1. The van der Waals surface area contributed by atoms with Crippen LogP contribution in [0, 0.1) is 17.8 Å². The Hall–Kier alpha value is -1.93. The first-order valence-electron chi connectivity index (χ1n) is 12.9. The third-order valence-corrected chi connectivity index (χ3v) is 7.73. The molecular weight excluding hydrogens is 436 g/mol. The second kappa shape index (κ2) is 10.8. The molecule has 3 heterocycles. The second-order valence-electron chi connectivity index (χ2n) is 10.4. The molecule has 1 spiro atoms. The van der Waals surface area contributed by atoms with Crippen LogP contribution in [0.25, 0.3) is 0 Å². The molecule has 8 heteroatoms. The van der Waals surface area contributed by atoms with Gasteiger partial charge in [0.2, 0.25) is 11.8 Å². The van der Waals surface area contributed by atoms with Crippen molar-refractivity contribution in [3.8, 4) is 0 Å². The number of nitrogens with zero attached hydrogens (tertiary/aromatic N) is 2. The number of esters is 1. The van der Waals surface area contributed by atoms with Gasteiger partial charge in [0.25, 0.3) is 0 Å². The highest BCUT2D eigenvalue weighted by Crippen LogP contribution is 2.59. The molecule has 3 rings (SSSR count). The van der Waals surface area contributed by atoms with Crippen molar-refractivity contribution in [2.24, 2.45) is 17.8 Å². The molecule has 3 fully saturated rings. The van der Waals surface area contributed by atoms with Crippen LogP contribution in [-0.4, -0.2) is 82.3 Å². The summed E-state index contributed by atoms with van der Waals surface area (Å²) < 4.78 is 11.8. The van der Waals surface area contributed by atoms with Crippen molar-refractivity contribution in [3.63, 3.8) is 0 Å². The number of hydrogen-bond donors (Lipinski definition) is 1. The van der Waals surface area contributed by atoms with Crippen molar-refractivity contribution in [1.82, 2.24) is 9.80 Å². The minimum Gasteiger partial charge on any atom is -0.466 e. The molecule has 2 bridgehead atoms. The molecule has 0 aromatic rings. The van der Waals surface area contributed by atoms with Crippen molar-refractivity contribution in [2.75, 3.05) is 19.8 Å². The molecular formula is C26H42N2O6. The summed E-state index contributed by atoms with van der Waals surface area (Å²) in [4.78, 5) is 44.5. The summed E-state index contributed by atoms with van der Waals surface area (Å²) in [5.74, 6) is -2.19. The topological polar surface area (TPSA) is 96.4 Å². The maximum Gasteiger partial charge on any atom is 0.312 e. The lowest BCUT2D eigenvalue weighted by Crippen LogP contribution is -2.60. The molecule has 0 aromatic heterocycles. The Morgan fingerprint density at radius 1 is 1.35 bits per heavy atom. The van der Waals surface area contributed by atoms with E-state index in [1.54, 1.807) is 22.8 Å². The number of amides is 2. The summed E-state index contributed by atoms with van der Waals surface area (Å²) in [7, 11) is 0. The highest BCUT2D eigenvalue weighted by atomic mass is 16.6. The molecule has 1 N–H and O–H groups in total. The fraction of sp³-hybridized carbons (Fsp3) is 0.808. The molecule has 192 valence electrons. The van der Waals surface area contributed by atoms with E-state index in [-0.39, 0.29) is 37.0 Å². The first-order valence-corrected chi connectivity index (χ1v) is 12.9. The molecule has 0 aromatic carbocycles. The number of carbonyl (C=O) groups excluding carboxylic acids is 3. The Labute approximate surface area is 203 Å². The maximum atomic E-state index is 14.2. The van der Waals surface area contributed by atoms with Crippen LogP contribution in [0.15, 0.2) is 12.7 Å². The average Bonchev–Trinajstić information content (AvgIpc) is 3.43. The van der Waals surface area contributed by atoms with E-state index in [1.807, 2.05) is 20.8 Å². The zero-order chi connectivity index (χ0) is 25.2. The third kappa shape index (κ3) is 4.39. The summed E-state index contributed by atoms with van der Waals surface area (Å²) in [5, 5.41) is 10.3. The van der Waals surface area contributed by atoms with Crippen LogP contribution in [0.3, 0.4) is 0 Å². The number of ether oxygens (including phenoxy) is 2.